The Bertz CT molecular complexity index is 865. The fourth-order valence-corrected chi connectivity index (χ4v) is 5.29. The van der Waals surface area contributed by atoms with Crippen molar-refractivity contribution in [1.82, 2.24) is 9.80 Å². The van der Waals surface area contributed by atoms with Gasteiger partial charge in [-0.3, -0.25) is 9.69 Å². The molecule has 0 spiro atoms. The maximum absolute atomic E-state index is 13.5. The van der Waals surface area contributed by atoms with Gasteiger partial charge in [0.2, 0.25) is 5.91 Å². The summed E-state index contributed by atoms with van der Waals surface area (Å²) in [5.41, 5.74) is 2.41. The van der Waals surface area contributed by atoms with E-state index in [1.807, 2.05) is 29.2 Å². The first-order chi connectivity index (χ1) is 15.9. The van der Waals surface area contributed by atoms with Gasteiger partial charge in [-0.1, -0.05) is 44.9 Å². The van der Waals surface area contributed by atoms with Crippen LogP contribution in [-0.4, -0.2) is 59.7 Å². The van der Waals surface area contributed by atoms with Gasteiger partial charge in [-0.2, -0.15) is 0 Å². The van der Waals surface area contributed by atoms with Crippen LogP contribution in [0.25, 0.3) is 0 Å². The molecule has 182 valence electrons. The predicted octanol–water partition coefficient (Wildman–Crippen LogP) is 5.07. The minimum absolute atomic E-state index is 0.0821. The summed E-state index contributed by atoms with van der Waals surface area (Å²) in [6, 6.07) is 10.1. The number of hydrogen-bond acceptors (Lipinski definition) is 5. The van der Waals surface area contributed by atoms with E-state index in [4.69, 9.17) is 4.74 Å². The van der Waals surface area contributed by atoms with Crippen molar-refractivity contribution in [1.29, 1.82) is 0 Å². The standard InChI is InChI=1S/C27H40N2O3S/c1-5-6-22(30)17-28(14-11-20(2)3)18-27(31)29-15-12-26-24(13-16-33-26)25(29)19-32-23-9-7-21(4)8-10-23/h7-10,13,16,20,22,25,30H,5-6,11-12,14-15,17-19H2,1-4H3/t22-,25+/m1/s1. The van der Waals surface area contributed by atoms with Gasteiger partial charge >= 0.3 is 0 Å². The Balaban J connectivity index is 1.71. The summed E-state index contributed by atoms with van der Waals surface area (Å²) in [5, 5.41) is 12.5. The summed E-state index contributed by atoms with van der Waals surface area (Å²) >= 11 is 1.77. The largest absolute Gasteiger partial charge is 0.491 e. The molecule has 1 aliphatic rings. The van der Waals surface area contributed by atoms with Crippen molar-refractivity contribution in [3.63, 3.8) is 0 Å². The lowest BCUT2D eigenvalue weighted by Gasteiger charge is -2.37. The highest BCUT2D eigenvalue weighted by Crippen LogP contribution is 2.34. The Morgan fingerprint density at radius 3 is 2.70 bits per heavy atom. The number of hydrogen-bond donors (Lipinski definition) is 1. The van der Waals surface area contributed by atoms with Crippen LogP contribution in [0.15, 0.2) is 35.7 Å². The molecule has 1 aromatic carbocycles. The number of aryl methyl sites for hydroxylation is 1. The van der Waals surface area contributed by atoms with E-state index in [1.165, 1.54) is 16.0 Å². The molecule has 0 fully saturated rings. The molecule has 6 heteroatoms. The Kier molecular flexibility index (Phi) is 9.78. The summed E-state index contributed by atoms with van der Waals surface area (Å²) in [7, 11) is 0. The van der Waals surface area contributed by atoms with E-state index in [1.54, 1.807) is 11.3 Å². The van der Waals surface area contributed by atoms with Crippen LogP contribution in [0.2, 0.25) is 0 Å². The second-order valence-corrected chi connectivity index (χ2v) is 10.6. The monoisotopic (exact) mass is 472 g/mol. The van der Waals surface area contributed by atoms with Crippen LogP contribution in [0.3, 0.4) is 0 Å². The highest BCUT2D eigenvalue weighted by atomic mass is 32.1. The van der Waals surface area contributed by atoms with Crippen LogP contribution in [-0.2, 0) is 11.2 Å². The highest BCUT2D eigenvalue weighted by molar-refractivity contribution is 7.10. The molecule has 0 bridgehead atoms. The van der Waals surface area contributed by atoms with E-state index < -0.39 is 0 Å². The smallest absolute Gasteiger partial charge is 0.237 e. The maximum atomic E-state index is 13.5. The van der Waals surface area contributed by atoms with Crippen molar-refractivity contribution in [2.24, 2.45) is 5.92 Å². The molecule has 2 atom stereocenters. The fraction of sp³-hybridized carbons (Fsp3) is 0.593. The third kappa shape index (κ3) is 7.56. The second-order valence-electron chi connectivity index (χ2n) is 9.64. The minimum Gasteiger partial charge on any atom is -0.491 e. The normalized spacial score (nSPS) is 16.8. The van der Waals surface area contributed by atoms with Gasteiger partial charge in [-0.15, -0.1) is 11.3 Å². The summed E-state index contributed by atoms with van der Waals surface area (Å²) in [5.74, 6) is 1.51. The predicted molar refractivity (Wildman–Crippen MR) is 136 cm³/mol. The Morgan fingerprint density at radius 2 is 2.00 bits per heavy atom. The molecule has 0 radical (unpaired) electrons. The van der Waals surface area contributed by atoms with Crippen LogP contribution in [0.4, 0.5) is 0 Å². The van der Waals surface area contributed by atoms with Gasteiger partial charge in [-0.05, 0) is 67.8 Å². The topological polar surface area (TPSA) is 53.0 Å². The third-order valence-electron chi connectivity index (χ3n) is 6.32. The van der Waals surface area contributed by atoms with Gasteiger partial charge in [0.15, 0.2) is 0 Å². The van der Waals surface area contributed by atoms with Gasteiger partial charge in [0, 0.05) is 18.0 Å². The van der Waals surface area contributed by atoms with Gasteiger partial charge in [0.1, 0.15) is 12.4 Å². The van der Waals surface area contributed by atoms with Crippen molar-refractivity contribution >= 4 is 17.2 Å². The second kappa shape index (κ2) is 12.5. The molecule has 0 saturated carbocycles. The average molecular weight is 473 g/mol. The molecule has 1 N–H and O–H groups in total. The number of benzene rings is 1. The van der Waals surface area contributed by atoms with Crippen LogP contribution < -0.4 is 4.74 Å². The molecule has 1 aromatic heterocycles. The lowest BCUT2D eigenvalue weighted by Crippen LogP contribution is -2.48. The average Bonchev–Trinajstić information content (AvgIpc) is 3.26. The number of rotatable bonds is 12. The summed E-state index contributed by atoms with van der Waals surface area (Å²) in [6.45, 7) is 11.4. The first-order valence-corrected chi connectivity index (χ1v) is 13.2. The lowest BCUT2D eigenvalue weighted by atomic mass is 10.00. The minimum atomic E-state index is -0.388. The first-order valence-electron chi connectivity index (χ1n) is 12.3. The van der Waals surface area contributed by atoms with E-state index >= 15 is 0 Å². The molecule has 33 heavy (non-hydrogen) atoms. The zero-order chi connectivity index (χ0) is 23.8. The molecule has 0 saturated heterocycles. The number of carbonyl (C=O) groups excluding carboxylic acids is 1. The van der Waals surface area contributed by atoms with E-state index in [0.29, 0.717) is 32.2 Å². The molecule has 2 aromatic rings. The van der Waals surface area contributed by atoms with Gasteiger partial charge < -0.3 is 14.7 Å². The van der Waals surface area contributed by atoms with E-state index in [9.17, 15) is 9.90 Å². The number of aliphatic hydroxyl groups excluding tert-OH is 1. The lowest BCUT2D eigenvalue weighted by molar-refractivity contribution is -0.136. The summed E-state index contributed by atoms with van der Waals surface area (Å²) in [6.07, 6.45) is 3.23. The molecule has 0 unspecified atom stereocenters. The molecule has 1 amide bonds. The maximum Gasteiger partial charge on any atom is 0.237 e. The highest BCUT2D eigenvalue weighted by Gasteiger charge is 2.33. The molecule has 5 nitrogen and oxygen atoms in total. The van der Waals surface area contributed by atoms with Crippen LogP contribution in [0.5, 0.6) is 5.75 Å². The Morgan fingerprint density at radius 1 is 1.24 bits per heavy atom. The number of carbonyl (C=O) groups is 1. The van der Waals surface area contributed by atoms with Gasteiger partial charge in [0.25, 0.3) is 0 Å². The van der Waals surface area contributed by atoms with Crippen LogP contribution in [0, 0.1) is 12.8 Å². The number of thiophene rings is 1. The van der Waals surface area contributed by atoms with Crippen LogP contribution >= 0.6 is 11.3 Å². The van der Waals surface area contributed by atoms with Crippen molar-refractivity contribution in [2.75, 3.05) is 32.8 Å². The summed E-state index contributed by atoms with van der Waals surface area (Å²) < 4.78 is 6.14. The SMILES string of the molecule is CCC[C@@H](O)CN(CCC(C)C)CC(=O)N1CCc2sccc2[C@@H]1COc1ccc(C)cc1. The van der Waals surface area contributed by atoms with Crippen molar-refractivity contribution in [3.05, 3.63) is 51.7 Å². The third-order valence-corrected chi connectivity index (χ3v) is 7.31. The number of ether oxygens (including phenoxy) is 1. The number of fused-ring (bicyclic) bond motifs is 1. The quantitative estimate of drug-likeness (QED) is 0.469. The first kappa shape index (κ1) is 25.7. The zero-order valence-corrected chi connectivity index (χ0v) is 21.4. The molecule has 0 aliphatic carbocycles. The number of amides is 1. The number of aliphatic hydroxyl groups is 1. The van der Waals surface area contributed by atoms with Crippen molar-refractivity contribution in [2.45, 2.75) is 65.5 Å². The van der Waals surface area contributed by atoms with Crippen molar-refractivity contribution < 1.29 is 14.6 Å². The van der Waals surface area contributed by atoms with E-state index in [0.717, 1.165) is 38.0 Å². The molecule has 3 rings (SSSR count). The molecule has 1 aliphatic heterocycles. The van der Waals surface area contributed by atoms with E-state index in [-0.39, 0.29) is 18.1 Å². The van der Waals surface area contributed by atoms with E-state index in [2.05, 4.69) is 44.0 Å². The number of nitrogens with zero attached hydrogens (tertiary/aromatic N) is 2. The molecular formula is C27H40N2O3S. The van der Waals surface area contributed by atoms with Crippen LogP contribution in [0.1, 0.15) is 62.1 Å². The molecular weight excluding hydrogens is 432 g/mol. The Labute approximate surface area is 203 Å². The molecule has 2 heterocycles. The van der Waals surface area contributed by atoms with Gasteiger partial charge in [0.05, 0.1) is 18.7 Å². The zero-order valence-electron chi connectivity index (χ0n) is 20.6. The van der Waals surface area contributed by atoms with Crippen molar-refractivity contribution in [3.8, 4) is 5.75 Å². The Hall–Kier alpha value is -1.89. The summed E-state index contributed by atoms with van der Waals surface area (Å²) in [4.78, 5) is 19.0. The fourth-order valence-electron chi connectivity index (χ4n) is 4.36. The van der Waals surface area contributed by atoms with Gasteiger partial charge in [-0.25, -0.2) is 0 Å².